The molecule has 1 aliphatic rings. The van der Waals surface area contributed by atoms with Gasteiger partial charge in [0.25, 0.3) is 15.9 Å². The highest BCUT2D eigenvalue weighted by Crippen LogP contribution is 2.37. The van der Waals surface area contributed by atoms with Crippen molar-refractivity contribution in [2.75, 3.05) is 27.1 Å². The summed E-state index contributed by atoms with van der Waals surface area (Å²) in [6.45, 7) is -0.258. The van der Waals surface area contributed by atoms with Gasteiger partial charge >= 0.3 is 0 Å². The average molecular weight is 524 g/mol. The lowest BCUT2D eigenvalue weighted by molar-refractivity contribution is -0.122. The third-order valence-electron chi connectivity index (χ3n) is 4.71. The van der Waals surface area contributed by atoms with E-state index in [1.165, 1.54) is 54.9 Å². The summed E-state index contributed by atoms with van der Waals surface area (Å²) in [4.78, 5) is 20.4. The summed E-state index contributed by atoms with van der Waals surface area (Å²) in [6, 6.07) is 11.4. The number of halogens is 1. The van der Waals surface area contributed by atoms with Gasteiger partial charge < -0.3 is 10.1 Å². The molecule has 178 valence electrons. The van der Waals surface area contributed by atoms with Crippen LogP contribution in [0, 0.1) is 0 Å². The normalized spacial score (nSPS) is 15.7. The van der Waals surface area contributed by atoms with Crippen molar-refractivity contribution in [2.45, 2.75) is 11.0 Å². The number of anilines is 3. The Hall–Kier alpha value is -3.42. The Labute approximate surface area is 200 Å². The van der Waals surface area contributed by atoms with Crippen molar-refractivity contribution in [2.24, 2.45) is 0 Å². The molecule has 2 heterocycles. The second kappa shape index (κ2) is 9.08. The first-order chi connectivity index (χ1) is 16.0. The quantitative estimate of drug-likeness (QED) is 0.499. The summed E-state index contributed by atoms with van der Waals surface area (Å²) in [5.74, 6) is -0.496. The number of ether oxygens (including phenoxy) is 1. The van der Waals surface area contributed by atoms with Gasteiger partial charge in [0.05, 0.1) is 23.4 Å². The highest BCUT2D eigenvalue weighted by atomic mass is 35.5. The fourth-order valence-corrected chi connectivity index (χ4v) is 5.18. The molecule has 0 bridgehead atoms. The molecule has 1 amide bonds. The summed E-state index contributed by atoms with van der Waals surface area (Å²) < 4.78 is 58.5. The SMILES string of the molecule is CS(=O)(=O)N1C[C@@H](C(=O)Nc2ccc(S(=O)(=O)Nc3ncccn3)cc2)Oc2ccc(Cl)cc21. The molecule has 11 nitrogen and oxygen atoms in total. The molecule has 0 aliphatic carbocycles. The number of nitrogens with one attached hydrogen (secondary N) is 2. The third kappa shape index (κ3) is 5.21. The third-order valence-corrected chi connectivity index (χ3v) is 7.43. The minimum absolute atomic E-state index is 0.0686. The number of aromatic nitrogens is 2. The van der Waals surface area contributed by atoms with Gasteiger partial charge in [0.1, 0.15) is 5.75 Å². The predicted octanol–water partition coefficient (Wildman–Crippen LogP) is 2.10. The van der Waals surface area contributed by atoms with Gasteiger partial charge in [-0.1, -0.05) is 11.6 Å². The Morgan fingerprint density at radius 3 is 2.41 bits per heavy atom. The molecule has 0 spiro atoms. The first-order valence-electron chi connectivity index (χ1n) is 9.68. The summed E-state index contributed by atoms with van der Waals surface area (Å²) >= 11 is 5.98. The van der Waals surface area contributed by atoms with Crippen molar-refractivity contribution in [1.29, 1.82) is 0 Å². The maximum atomic E-state index is 12.8. The van der Waals surface area contributed by atoms with Crippen molar-refractivity contribution in [3.8, 4) is 5.75 Å². The van der Waals surface area contributed by atoms with E-state index in [2.05, 4.69) is 20.0 Å². The second-order valence-electron chi connectivity index (χ2n) is 7.20. The zero-order valence-corrected chi connectivity index (χ0v) is 19.9. The Bertz CT molecular complexity index is 1430. The van der Waals surface area contributed by atoms with Gasteiger partial charge in [0.15, 0.2) is 6.10 Å². The van der Waals surface area contributed by atoms with Gasteiger partial charge in [0.2, 0.25) is 16.0 Å². The largest absolute Gasteiger partial charge is 0.476 e. The number of carbonyl (C=O) groups is 1. The molecule has 1 aliphatic heterocycles. The van der Waals surface area contributed by atoms with Crippen LogP contribution in [0.1, 0.15) is 0 Å². The van der Waals surface area contributed by atoms with Crippen LogP contribution < -0.4 is 19.1 Å². The maximum Gasteiger partial charge on any atom is 0.267 e. The van der Waals surface area contributed by atoms with E-state index < -0.39 is 32.1 Å². The van der Waals surface area contributed by atoms with Crippen molar-refractivity contribution in [1.82, 2.24) is 9.97 Å². The maximum absolute atomic E-state index is 12.8. The van der Waals surface area contributed by atoms with Crippen molar-refractivity contribution < 1.29 is 26.4 Å². The number of fused-ring (bicyclic) bond motifs is 1. The molecule has 2 aromatic carbocycles. The van der Waals surface area contributed by atoms with Gasteiger partial charge in [-0.15, -0.1) is 0 Å². The molecule has 3 aromatic rings. The lowest BCUT2D eigenvalue weighted by atomic mass is 10.2. The summed E-state index contributed by atoms with van der Waals surface area (Å²) in [5.41, 5.74) is 0.528. The highest BCUT2D eigenvalue weighted by Gasteiger charge is 2.35. The van der Waals surface area contributed by atoms with Crippen LogP contribution in [0.25, 0.3) is 0 Å². The number of amides is 1. The highest BCUT2D eigenvalue weighted by molar-refractivity contribution is 7.92. The number of hydrogen-bond donors (Lipinski definition) is 2. The zero-order chi connectivity index (χ0) is 24.5. The Morgan fingerprint density at radius 1 is 1.09 bits per heavy atom. The minimum Gasteiger partial charge on any atom is -0.476 e. The predicted molar refractivity (Wildman–Crippen MR) is 126 cm³/mol. The van der Waals surface area contributed by atoms with Crippen molar-refractivity contribution in [3.63, 3.8) is 0 Å². The minimum atomic E-state index is -3.94. The molecule has 2 N–H and O–H groups in total. The molecule has 0 unspecified atom stereocenters. The summed E-state index contributed by atoms with van der Waals surface area (Å²) in [7, 11) is -7.65. The molecule has 1 atom stereocenters. The van der Waals surface area contributed by atoms with E-state index >= 15 is 0 Å². The van der Waals surface area contributed by atoms with Gasteiger partial charge in [0, 0.05) is 23.1 Å². The van der Waals surface area contributed by atoms with Crippen molar-refractivity contribution in [3.05, 3.63) is 65.9 Å². The molecule has 1 aromatic heterocycles. The topological polar surface area (TPSA) is 148 Å². The van der Waals surface area contributed by atoms with E-state index in [0.29, 0.717) is 5.02 Å². The van der Waals surface area contributed by atoms with Crippen LogP contribution in [0.5, 0.6) is 5.75 Å². The second-order valence-corrected chi connectivity index (χ2v) is 11.2. The number of rotatable bonds is 6. The number of nitrogens with zero attached hydrogens (tertiary/aromatic N) is 3. The zero-order valence-electron chi connectivity index (χ0n) is 17.5. The van der Waals surface area contributed by atoms with Gasteiger partial charge in [-0.05, 0) is 48.5 Å². The Morgan fingerprint density at radius 2 is 1.76 bits per heavy atom. The fourth-order valence-electron chi connectivity index (χ4n) is 3.15. The van der Waals surface area contributed by atoms with Crippen molar-refractivity contribution >= 4 is 54.9 Å². The lowest BCUT2D eigenvalue weighted by Crippen LogP contribution is -2.48. The van der Waals surface area contributed by atoms with Gasteiger partial charge in [-0.2, -0.15) is 0 Å². The van der Waals surface area contributed by atoms with Crippen LogP contribution in [0.2, 0.25) is 5.02 Å². The Kier molecular flexibility index (Phi) is 6.34. The molecular formula is C20H18ClN5O6S2. The van der Waals surface area contributed by atoms with Crippen LogP contribution in [0.15, 0.2) is 65.8 Å². The van der Waals surface area contributed by atoms with Gasteiger partial charge in [-0.25, -0.2) is 31.5 Å². The average Bonchev–Trinajstić information content (AvgIpc) is 2.78. The van der Waals surface area contributed by atoms with E-state index in [1.54, 1.807) is 6.07 Å². The van der Waals surface area contributed by atoms with E-state index in [4.69, 9.17) is 16.3 Å². The van der Waals surface area contributed by atoms with Gasteiger partial charge in [-0.3, -0.25) is 9.10 Å². The molecule has 0 saturated heterocycles. The van der Waals surface area contributed by atoms with Crippen LogP contribution in [0.4, 0.5) is 17.3 Å². The lowest BCUT2D eigenvalue weighted by Gasteiger charge is -2.34. The molecule has 14 heteroatoms. The molecule has 4 rings (SSSR count). The van der Waals surface area contributed by atoms with Crippen LogP contribution in [0.3, 0.4) is 0 Å². The summed E-state index contributed by atoms with van der Waals surface area (Å²) in [5, 5.41) is 2.92. The molecule has 0 radical (unpaired) electrons. The van der Waals surface area contributed by atoms with E-state index in [-0.39, 0.29) is 34.5 Å². The molecular weight excluding hydrogens is 506 g/mol. The van der Waals surface area contributed by atoms with Crippen LogP contribution in [-0.2, 0) is 24.8 Å². The van der Waals surface area contributed by atoms with E-state index in [1.807, 2.05) is 0 Å². The number of carbonyl (C=O) groups excluding carboxylic acids is 1. The standard InChI is InChI=1S/C20H18ClN5O6S2/c1-33(28,29)26-12-18(32-17-8-3-13(21)11-16(17)26)19(27)24-14-4-6-15(7-5-14)34(30,31)25-20-22-9-2-10-23-20/h2-11,18H,12H2,1H3,(H,24,27)(H,22,23,25)/t18-/m0/s1. The number of hydrogen-bond acceptors (Lipinski definition) is 8. The first-order valence-corrected chi connectivity index (χ1v) is 13.4. The van der Waals surface area contributed by atoms with Crippen LogP contribution in [-0.4, -0.2) is 51.6 Å². The first kappa shape index (κ1) is 23.7. The number of benzene rings is 2. The number of sulfonamides is 2. The van der Waals surface area contributed by atoms with E-state index in [0.717, 1.165) is 10.6 Å². The fraction of sp³-hybridized carbons (Fsp3) is 0.150. The Balaban J connectivity index is 1.49. The monoisotopic (exact) mass is 523 g/mol. The van der Waals surface area contributed by atoms with E-state index in [9.17, 15) is 21.6 Å². The molecule has 34 heavy (non-hydrogen) atoms. The molecule has 0 saturated carbocycles. The smallest absolute Gasteiger partial charge is 0.267 e. The van der Waals surface area contributed by atoms with Crippen LogP contribution >= 0.6 is 11.6 Å². The summed E-state index contributed by atoms with van der Waals surface area (Å²) in [6.07, 6.45) is 2.67. The molecule has 0 fully saturated rings.